The van der Waals surface area contributed by atoms with Crippen LogP contribution in [-0.2, 0) is 4.79 Å². The maximum Gasteiger partial charge on any atom is 0.241 e. The van der Waals surface area contributed by atoms with E-state index in [1.165, 1.54) is 0 Å². The molecule has 1 atom stereocenters. The highest BCUT2D eigenvalue weighted by molar-refractivity contribution is 5.78. The van der Waals surface area contributed by atoms with Crippen LogP contribution in [0.1, 0.15) is 24.5 Å². The van der Waals surface area contributed by atoms with Gasteiger partial charge in [0.1, 0.15) is 11.4 Å². The molecule has 1 amide bonds. The lowest BCUT2D eigenvalue weighted by molar-refractivity contribution is -0.133. The summed E-state index contributed by atoms with van der Waals surface area (Å²) in [5, 5.41) is 0. The van der Waals surface area contributed by atoms with E-state index in [0.717, 1.165) is 30.8 Å². The van der Waals surface area contributed by atoms with Crippen molar-refractivity contribution in [3.05, 3.63) is 48.4 Å². The fraction of sp³-hybridized carbons (Fsp3) is 0.421. The molecule has 2 heterocycles. The number of ether oxygens (including phenoxy) is 1. The maximum atomic E-state index is 12.4. The monoisotopic (exact) mass is 340 g/mol. The molecule has 1 aromatic carbocycles. The predicted molar refractivity (Wildman–Crippen MR) is 95.7 cm³/mol. The molecule has 3 rings (SSSR count). The van der Waals surface area contributed by atoms with E-state index in [1.54, 1.807) is 12.4 Å². The fourth-order valence-electron chi connectivity index (χ4n) is 3.09. The number of carbonyl (C=O) groups excluding carboxylic acids is 1. The Kier molecular flexibility index (Phi) is 5.60. The molecule has 0 radical (unpaired) electrons. The molecule has 1 saturated heterocycles. The number of benzene rings is 1. The largest absolute Gasteiger partial charge is 0.437 e. The van der Waals surface area contributed by atoms with Crippen molar-refractivity contribution in [1.29, 1.82) is 0 Å². The molecule has 0 saturated carbocycles. The van der Waals surface area contributed by atoms with E-state index in [9.17, 15) is 4.79 Å². The van der Waals surface area contributed by atoms with Crippen LogP contribution in [0.15, 0.2) is 42.7 Å². The van der Waals surface area contributed by atoms with Crippen LogP contribution in [0, 0.1) is 0 Å². The van der Waals surface area contributed by atoms with E-state index < -0.39 is 0 Å². The van der Waals surface area contributed by atoms with Crippen molar-refractivity contribution in [3.63, 3.8) is 0 Å². The van der Waals surface area contributed by atoms with E-state index in [4.69, 9.17) is 4.74 Å². The van der Waals surface area contributed by atoms with Crippen molar-refractivity contribution in [2.45, 2.75) is 18.8 Å². The molecule has 0 spiro atoms. The van der Waals surface area contributed by atoms with Crippen molar-refractivity contribution in [2.75, 3.05) is 33.7 Å². The molecule has 6 heteroatoms. The number of likely N-dealkylation sites (N-methyl/N-ethyl adjacent to an activating group) is 1. The van der Waals surface area contributed by atoms with Crippen LogP contribution in [0.5, 0.6) is 11.6 Å². The Labute approximate surface area is 148 Å². The van der Waals surface area contributed by atoms with Crippen LogP contribution in [0.4, 0.5) is 0 Å². The lowest BCUT2D eigenvalue weighted by Gasteiger charge is -2.33. The summed E-state index contributed by atoms with van der Waals surface area (Å²) in [7, 11) is 3.82. The molecule has 1 aromatic heterocycles. The van der Waals surface area contributed by atoms with Gasteiger partial charge in [-0.2, -0.15) is 0 Å². The number of nitrogens with zero attached hydrogens (tertiary/aromatic N) is 4. The summed E-state index contributed by atoms with van der Waals surface area (Å²) in [6.07, 6.45) is 5.27. The van der Waals surface area contributed by atoms with Gasteiger partial charge in [0.2, 0.25) is 11.8 Å². The molecule has 1 aliphatic rings. The van der Waals surface area contributed by atoms with Crippen LogP contribution in [0.25, 0.3) is 0 Å². The maximum absolute atomic E-state index is 12.4. The zero-order valence-corrected chi connectivity index (χ0v) is 14.8. The molecular weight excluding hydrogens is 316 g/mol. The molecule has 0 bridgehead atoms. The number of carbonyl (C=O) groups is 1. The number of likely N-dealkylation sites (tertiary alicyclic amines) is 1. The van der Waals surface area contributed by atoms with Gasteiger partial charge < -0.3 is 14.5 Å². The SMILES string of the molecule is CN(C)CC(=O)N1CCC[C@H](c2nccnc2Oc2ccccc2)C1. The minimum Gasteiger partial charge on any atom is -0.437 e. The number of aromatic nitrogens is 2. The summed E-state index contributed by atoms with van der Waals surface area (Å²) in [6, 6.07) is 9.58. The zero-order valence-electron chi connectivity index (χ0n) is 14.8. The number of rotatable bonds is 5. The van der Waals surface area contributed by atoms with Crippen molar-refractivity contribution >= 4 is 5.91 Å². The summed E-state index contributed by atoms with van der Waals surface area (Å²) < 4.78 is 5.94. The average molecular weight is 340 g/mol. The van der Waals surface area contributed by atoms with Gasteiger partial charge in [0.05, 0.1) is 6.54 Å². The smallest absolute Gasteiger partial charge is 0.241 e. The lowest BCUT2D eigenvalue weighted by atomic mass is 9.94. The van der Waals surface area contributed by atoms with Gasteiger partial charge in [-0.1, -0.05) is 18.2 Å². The molecule has 6 nitrogen and oxygen atoms in total. The van der Waals surface area contributed by atoms with E-state index in [0.29, 0.717) is 19.0 Å². The van der Waals surface area contributed by atoms with Crippen molar-refractivity contribution in [1.82, 2.24) is 19.8 Å². The molecule has 25 heavy (non-hydrogen) atoms. The predicted octanol–water partition coefficient (Wildman–Crippen LogP) is 2.54. The molecule has 132 valence electrons. The van der Waals surface area contributed by atoms with Crippen LogP contribution in [0.2, 0.25) is 0 Å². The number of hydrogen-bond acceptors (Lipinski definition) is 5. The molecule has 1 aliphatic heterocycles. The van der Waals surface area contributed by atoms with E-state index in [1.807, 2.05) is 54.2 Å². The normalized spacial score (nSPS) is 17.6. The van der Waals surface area contributed by atoms with Crippen molar-refractivity contribution < 1.29 is 9.53 Å². The first kappa shape index (κ1) is 17.4. The third-order valence-electron chi connectivity index (χ3n) is 4.26. The second kappa shape index (κ2) is 8.07. The number of para-hydroxylation sites is 1. The van der Waals surface area contributed by atoms with Gasteiger partial charge in [0.25, 0.3) is 0 Å². The first-order chi connectivity index (χ1) is 12.1. The summed E-state index contributed by atoms with van der Waals surface area (Å²) in [5.41, 5.74) is 0.828. The standard InChI is InChI=1S/C19H24N4O2/c1-22(2)14-17(24)23-12-6-7-15(13-23)18-19(21-11-10-20-18)25-16-8-4-3-5-9-16/h3-5,8-11,15H,6-7,12-14H2,1-2H3/t15-/m0/s1. The average Bonchev–Trinajstić information content (AvgIpc) is 2.63. The minimum atomic E-state index is 0.146. The van der Waals surface area contributed by atoms with Gasteiger partial charge in [0, 0.05) is 31.4 Å². The summed E-state index contributed by atoms with van der Waals surface area (Å²) in [4.78, 5) is 25.1. The van der Waals surface area contributed by atoms with Crippen LogP contribution >= 0.6 is 0 Å². The zero-order chi connectivity index (χ0) is 17.6. The quantitative estimate of drug-likeness (QED) is 0.837. The summed E-state index contributed by atoms with van der Waals surface area (Å²) >= 11 is 0. The molecule has 0 unspecified atom stereocenters. The third kappa shape index (κ3) is 4.54. The van der Waals surface area contributed by atoms with E-state index in [-0.39, 0.29) is 11.8 Å². The molecular formula is C19H24N4O2. The lowest BCUT2D eigenvalue weighted by Crippen LogP contribution is -2.43. The Morgan fingerprint density at radius 3 is 2.76 bits per heavy atom. The van der Waals surface area contributed by atoms with Crippen LogP contribution in [-0.4, -0.2) is 59.4 Å². The third-order valence-corrected chi connectivity index (χ3v) is 4.26. The number of amides is 1. The second-order valence-electron chi connectivity index (χ2n) is 6.58. The first-order valence-corrected chi connectivity index (χ1v) is 8.60. The van der Waals surface area contributed by atoms with Crippen LogP contribution < -0.4 is 4.74 Å². The van der Waals surface area contributed by atoms with E-state index in [2.05, 4.69) is 9.97 Å². The number of hydrogen-bond donors (Lipinski definition) is 0. The van der Waals surface area contributed by atoms with Crippen molar-refractivity contribution in [2.24, 2.45) is 0 Å². The summed E-state index contributed by atoms with van der Waals surface area (Å²) in [5.74, 6) is 1.57. The highest BCUT2D eigenvalue weighted by atomic mass is 16.5. The highest BCUT2D eigenvalue weighted by Crippen LogP contribution is 2.32. The topological polar surface area (TPSA) is 58.6 Å². The van der Waals surface area contributed by atoms with Gasteiger partial charge in [-0.15, -0.1) is 0 Å². The fourth-order valence-corrected chi connectivity index (χ4v) is 3.09. The Morgan fingerprint density at radius 1 is 1.24 bits per heavy atom. The van der Waals surface area contributed by atoms with Gasteiger partial charge in [-0.3, -0.25) is 9.78 Å². The first-order valence-electron chi connectivity index (χ1n) is 8.60. The number of piperidine rings is 1. The molecule has 0 aliphatic carbocycles. The minimum absolute atomic E-state index is 0.146. The molecule has 0 N–H and O–H groups in total. The molecule has 2 aromatic rings. The van der Waals surface area contributed by atoms with Gasteiger partial charge in [0.15, 0.2) is 0 Å². The van der Waals surface area contributed by atoms with Gasteiger partial charge >= 0.3 is 0 Å². The Balaban J connectivity index is 1.76. The second-order valence-corrected chi connectivity index (χ2v) is 6.58. The van der Waals surface area contributed by atoms with E-state index >= 15 is 0 Å². The van der Waals surface area contributed by atoms with Crippen LogP contribution in [0.3, 0.4) is 0 Å². The Hall–Kier alpha value is -2.47. The van der Waals surface area contributed by atoms with Gasteiger partial charge in [-0.05, 0) is 39.1 Å². The van der Waals surface area contributed by atoms with Crippen molar-refractivity contribution in [3.8, 4) is 11.6 Å². The van der Waals surface area contributed by atoms with Gasteiger partial charge in [-0.25, -0.2) is 4.98 Å². The molecule has 1 fully saturated rings. The Bertz CT molecular complexity index is 706. The highest BCUT2D eigenvalue weighted by Gasteiger charge is 2.28. The summed E-state index contributed by atoms with van der Waals surface area (Å²) in [6.45, 7) is 1.90. The Morgan fingerprint density at radius 2 is 2.00 bits per heavy atom.